The number of carbonyl (C=O) groups excluding carboxylic acids is 2. The monoisotopic (exact) mass is 453 g/mol. The van der Waals surface area contributed by atoms with E-state index in [4.69, 9.17) is 25.8 Å². The summed E-state index contributed by atoms with van der Waals surface area (Å²) in [6, 6.07) is 9.98. The second kappa shape index (κ2) is 8.88. The van der Waals surface area contributed by atoms with Crippen molar-refractivity contribution < 1.29 is 28.4 Å². The number of halogens is 1. The van der Waals surface area contributed by atoms with E-state index in [9.17, 15) is 9.59 Å². The number of amides is 3. The van der Waals surface area contributed by atoms with Gasteiger partial charge in [0.25, 0.3) is 0 Å². The normalized spacial score (nSPS) is 17.5. The van der Waals surface area contributed by atoms with E-state index >= 15 is 0 Å². The molecule has 1 unspecified atom stereocenters. The number of anilines is 1. The second-order valence-corrected chi connectivity index (χ2v) is 7.57. The van der Waals surface area contributed by atoms with Crippen LogP contribution in [0, 0.1) is 5.92 Å². The zero-order valence-electron chi connectivity index (χ0n) is 17.9. The highest BCUT2D eigenvalue weighted by atomic mass is 35.5. The molecule has 1 aliphatic carbocycles. The van der Waals surface area contributed by atoms with Gasteiger partial charge in [0.05, 0.1) is 21.3 Å². The molecule has 0 aromatic heterocycles. The van der Waals surface area contributed by atoms with E-state index in [0.717, 1.165) is 10.5 Å². The van der Waals surface area contributed by atoms with Gasteiger partial charge >= 0.3 is 11.9 Å². The Bertz CT molecular complexity index is 1160. The summed E-state index contributed by atoms with van der Waals surface area (Å²) in [7, 11) is 4.44. The average Bonchev–Trinajstić information content (AvgIpc) is 2.82. The van der Waals surface area contributed by atoms with Crippen molar-refractivity contribution in [2.45, 2.75) is 6.54 Å². The standard InChI is InChI=1S/C24H22ClN2O5/c1-30-20-12-16(13-21(31-2)22(20)32-3)27-23(28)17-9-5-7-11-19(17)26(24(27)29)14-15-8-4-6-10-18(15)25/h4-13,17H,14H2,1-3H3/q+1. The summed E-state index contributed by atoms with van der Waals surface area (Å²) in [5.74, 6) is 0.0776. The lowest BCUT2D eigenvalue weighted by Crippen LogP contribution is -2.54. The Morgan fingerprint density at radius 1 is 1.00 bits per heavy atom. The molecule has 32 heavy (non-hydrogen) atoms. The van der Waals surface area contributed by atoms with Gasteiger partial charge in [0, 0.05) is 22.7 Å². The van der Waals surface area contributed by atoms with E-state index < -0.39 is 11.9 Å². The number of hydrogen-bond acceptors (Lipinski definition) is 5. The van der Waals surface area contributed by atoms with Gasteiger partial charge in [0.2, 0.25) is 5.75 Å². The number of urea groups is 1. The maximum atomic E-state index is 13.7. The Morgan fingerprint density at radius 2 is 1.69 bits per heavy atom. The first-order chi connectivity index (χ1) is 15.5. The number of benzene rings is 2. The van der Waals surface area contributed by atoms with Crippen LogP contribution in [0.1, 0.15) is 5.56 Å². The van der Waals surface area contributed by atoms with Gasteiger partial charge in [0.15, 0.2) is 11.5 Å². The van der Waals surface area contributed by atoms with Gasteiger partial charge in [-0.15, -0.1) is 4.90 Å². The molecular formula is C24H22ClN2O5+. The fourth-order valence-electron chi connectivity index (χ4n) is 3.85. The number of hydrogen-bond donors (Lipinski definition) is 0. The van der Waals surface area contributed by atoms with Crippen LogP contribution in [0.4, 0.5) is 10.5 Å². The van der Waals surface area contributed by atoms with Gasteiger partial charge in [-0.3, -0.25) is 0 Å². The lowest BCUT2D eigenvalue weighted by atomic mass is 9.94. The van der Waals surface area contributed by atoms with Crippen LogP contribution in [0.15, 0.2) is 60.7 Å². The molecule has 0 N–H and O–H groups in total. The molecule has 1 atom stereocenters. The van der Waals surface area contributed by atoms with Crippen molar-refractivity contribution in [1.29, 1.82) is 0 Å². The number of fused-ring (bicyclic) bond motifs is 1. The molecule has 2 aromatic rings. The molecule has 2 aliphatic rings. The van der Waals surface area contributed by atoms with Gasteiger partial charge in [-0.05, 0) is 12.1 Å². The molecule has 0 bridgehead atoms. The van der Waals surface area contributed by atoms with Crippen LogP contribution in [0.2, 0.25) is 5.02 Å². The number of nitrogens with zero attached hydrogens (tertiary/aromatic N) is 2. The highest BCUT2D eigenvalue weighted by molar-refractivity contribution is 6.31. The quantitative estimate of drug-likeness (QED) is 0.612. The number of methoxy groups -OCH3 is 3. The number of rotatable bonds is 6. The van der Waals surface area contributed by atoms with Gasteiger partial charge in [0.1, 0.15) is 23.9 Å². The summed E-state index contributed by atoms with van der Waals surface area (Å²) >= 11 is 6.35. The van der Waals surface area contributed by atoms with Crippen LogP contribution >= 0.6 is 11.6 Å². The van der Waals surface area contributed by atoms with Crippen LogP contribution < -0.4 is 19.1 Å². The molecule has 2 aromatic carbocycles. The maximum Gasteiger partial charge on any atom is 0.506 e. The molecule has 0 fully saturated rings. The Labute approximate surface area is 190 Å². The Hall–Kier alpha value is -3.58. The highest BCUT2D eigenvalue weighted by Gasteiger charge is 2.48. The summed E-state index contributed by atoms with van der Waals surface area (Å²) in [4.78, 5) is 28.2. The van der Waals surface area contributed by atoms with E-state index in [1.54, 1.807) is 47.1 Å². The van der Waals surface area contributed by atoms with E-state index in [2.05, 4.69) is 0 Å². The molecule has 7 nitrogen and oxygen atoms in total. The van der Waals surface area contributed by atoms with Crippen molar-refractivity contribution in [1.82, 2.24) is 0 Å². The van der Waals surface area contributed by atoms with E-state index in [1.807, 2.05) is 18.2 Å². The van der Waals surface area contributed by atoms with E-state index in [1.165, 1.54) is 21.3 Å². The minimum Gasteiger partial charge on any atom is -0.493 e. The minimum atomic E-state index is -0.612. The third-order valence-electron chi connectivity index (χ3n) is 5.41. The van der Waals surface area contributed by atoms with Crippen LogP contribution in [-0.4, -0.2) is 43.6 Å². The molecule has 3 amide bonds. The third-order valence-corrected chi connectivity index (χ3v) is 5.78. The summed E-state index contributed by atoms with van der Waals surface area (Å²) in [6.07, 6.45) is 7.16. The SMILES string of the molecule is COc1cc(N2C(=O)C3C=CC=CC3=[N+](Cc3ccccc3Cl)C2=O)cc(OC)c1OC. The molecule has 1 heterocycles. The Kier molecular flexibility index (Phi) is 6.01. The number of carbonyl (C=O) groups is 2. The van der Waals surface area contributed by atoms with Crippen LogP contribution in [-0.2, 0) is 11.3 Å². The van der Waals surface area contributed by atoms with Crippen molar-refractivity contribution in [2.75, 3.05) is 26.2 Å². The second-order valence-electron chi connectivity index (χ2n) is 7.16. The van der Waals surface area contributed by atoms with E-state index in [-0.39, 0.29) is 12.5 Å². The number of allylic oxidation sites excluding steroid dienone is 3. The molecule has 4 rings (SSSR count). The predicted octanol–water partition coefficient (Wildman–Crippen LogP) is 4.23. The molecule has 0 saturated heterocycles. The lowest BCUT2D eigenvalue weighted by Gasteiger charge is -2.27. The van der Waals surface area contributed by atoms with Crippen LogP contribution in [0.3, 0.4) is 0 Å². The molecule has 164 valence electrons. The maximum absolute atomic E-state index is 13.7. The topological polar surface area (TPSA) is 68.1 Å². The van der Waals surface area contributed by atoms with Crippen molar-refractivity contribution in [3.8, 4) is 17.2 Å². The smallest absolute Gasteiger partial charge is 0.493 e. The molecule has 8 heteroatoms. The fourth-order valence-corrected chi connectivity index (χ4v) is 4.05. The summed E-state index contributed by atoms with van der Waals surface area (Å²) in [5, 5.41) is 0.545. The third kappa shape index (κ3) is 3.65. The first kappa shape index (κ1) is 21.6. The molecular weight excluding hydrogens is 432 g/mol. The summed E-state index contributed by atoms with van der Waals surface area (Å²) in [6.45, 7) is 0.219. The minimum absolute atomic E-state index is 0.219. The molecule has 0 spiro atoms. The fraction of sp³-hybridized carbons (Fsp3) is 0.208. The van der Waals surface area contributed by atoms with Crippen LogP contribution in [0.25, 0.3) is 0 Å². The van der Waals surface area contributed by atoms with Crippen LogP contribution in [0.5, 0.6) is 17.2 Å². The van der Waals surface area contributed by atoms with Crippen molar-refractivity contribution >= 4 is 34.9 Å². The molecule has 0 saturated carbocycles. The van der Waals surface area contributed by atoms with E-state index in [0.29, 0.717) is 33.7 Å². The average molecular weight is 454 g/mol. The Morgan fingerprint density at radius 3 is 2.31 bits per heavy atom. The van der Waals surface area contributed by atoms with Crippen molar-refractivity contribution in [3.63, 3.8) is 0 Å². The van der Waals surface area contributed by atoms with Crippen molar-refractivity contribution in [3.05, 3.63) is 71.3 Å². The lowest BCUT2D eigenvalue weighted by molar-refractivity contribution is -0.445. The number of imide groups is 1. The zero-order chi connectivity index (χ0) is 22.8. The van der Waals surface area contributed by atoms with Gasteiger partial charge in [-0.1, -0.05) is 48.0 Å². The van der Waals surface area contributed by atoms with Gasteiger partial charge in [-0.2, -0.15) is 9.37 Å². The molecule has 1 aliphatic heterocycles. The molecule has 0 radical (unpaired) electrons. The first-order valence-electron chi connectivity index (χ1n) is 9.90. The zero-order valence-corrected chi connectivity index (χ0v) is 18.6. The Balaban J connectivity index is 1.85. The predicted molar refractivity (Wildman–Crippen MR) is 121 cm³/mol. The van der Waals surface area contributed by atoms with Gasteiger partial charge < -0.3 is 14.2 Å². The first-order valence-corrected chi connectivity index (χ1v) is 10.3. The summed E-state index contributed by atoms with van der Waals surface area (Å²) in [5.41, 5.74) is 1.70. The highest BCUT2D eigenvalue weighted by Crippen LogP contribution is 2.42. The van der Waals surface area contributed by atoms with Crippen molar-refractivity contribution in [2.24, 2.45) is 5.92 Å². The number of ether oxygens (including phenoxy) is 3. The largest absolute Gasteiger partial charge is 0.506 e. The van der Waals surface area contributed by atoms with Gasteiger partial charge in [-0.25, -0.2) is 4.79 Å². The summed E-state index contributed by atoms with van der Waals surface area (Å²) < 4.78 is 17.8.